The molecule has 7 heteroatoms. The molecule has 1 N–H and O–H groups in total. The zero-order chi connectivity index (χ0) is 14.9. The summed E-state index contributed by atoms with van der Waals surface area (Å²) in [6, 6.07) is 2.53. The number of halogens is 3. The number of alkyl halides is 3. The number of amides is 1. The maximum atomic E-state index is 13.0. The normalized spacial score (nSPS) is 16.6. The second kappa shape index (κ2) is 5.15. The van der Waals surface area contributed by atoms with Crippen LogP contribution in [0.5, 0.6) is 0 Å². The summed E-state index contributed by atoms with van der Waals surface area (Å²) in [5.74, 6) is -1.47. The van der Waals surface area contributed by atoms with Crippen molar-refractivity contribution in [1.82, 2.24) is 4.90 Å². The standard InChI is InChI=1S/C13H12F3NO3/c14-13(15,16)10-4-2-1-3-9(10)11(12(19)20)17(7-18)8-5-6-8/h1-4,7-8,11H,5-6H2,(H,19,20). The highest BCUT2D eigenvalue weighted by atomic mass is 19.4. The minimum atomic E-state index is -4.66. The summed E-state index contributed by atoms with van der Waals surface area (Å²) >= 11 is 0. The number of hydrogen-bond acceptors (Lipinski definition) is 2. The number of nitrogens with zero attached hydrogens (tertiary/aromatic N) is 1. The molecule has 1 aromatic rings. The summed E-state index contributed by atoms with van der Waals surface area (Å²) in [7, 11) is 0. The number of carbonyl (C=O) groups is 2. The van der Waals surface area contributed by atoms with Crippen molar-refractivity contribution in [3.05, 3.63) is 35.4 Å². The van der Waals surface area contributed by atoms with E-state index in [0.29, 0.717) is 19.3 Å². The summed E-state index contributed by atoms with van der Waals surface area (Å²) in [6.07, 6.45) is -3.14. The fourth-order valence-electron chi connectivity index (χ4n) is 2.15. The van der Waals surface area contributed by atoms with Gasteiger partial charge in [0.1, 0.15) is 0 Å². The van der Waals surface area contributed by atoms with Gasteiger partial charge in [-0.15, -0.1) is 0 Å². The highest BCUT2D eigenvalue weighted by Crippen LogP contribution is 2.39. The Morgan fingerprint density at radius 3 is 2.40 bits per heavy atom. The van der Waals surface area contributed by atoms with E-state index in [-0.39, 0.29) is 6.04 Å². The highest BCUT2D eigenvalue weighted by molar-refractivity contribution is 5.79. The van der Waals surface area contributed by atoms with E-state index in [9.17, 15) is 27.9 Å². The molecule has 1 aliphatic carbocycles. The zero-order valence-electron chi connectivity index (χ0n) is 10.3. The molecular weight excluding hydrogens is 275 g/mol. The fraction of sp³-hybridized carbons (Fsp3) is 0.385. The molecule has 1 atom stereocenters. The van der Waals surface area contributed by atoms with Crippen LogP contribution in [-0.2, 0) is 15.8 Å². The SMILES string of the molecule is O=CN(C1CC1)C(C(=O)O)c1ccccc1C(F)(F)F. The van der Waals surface area contributed by atoms with Crippen LogP contribution in [0.25, 0.3) is 0 Å². The lowest BCUT2D eigenvalue weighted by molar-refractivity contribution is -0.149. The Kier molecular flexibility index (Phi) is 3.69. The predicted molar refractivity (Wildman–Crippen MR) is 62.7 cm³/mol. The van der Waals surface area contributed by atoms with Gasteiger partial charge in [0.25, 0.3) is 0 Å². The largest absolute Gasteiger partial charge is 0.479 e. The van der Waals surface area contributed by atoms with Gasteiger partial charge in [-0.3, -0.25) is 4.79 Å². The van der Waals surface area contributed by atoms with Crippen LogP contribution in [0.15, 0.2) is 24.3 Å². The Bertz CT molecular complexity index is 526. The van der Waals surface area contributed by atoms with Gasteiger partial charge >= 0.3 is 12.1 Å². The lowest BCUT2D eigenvalue weighted by Gasteiger charge is -2.27. The van der Waals surface area contributed by atoms with Crippen molar-refractivity contribution in [3.63, 3.8) is 0 Å². The molecule has 0 bridgehead atoms. The van der Waals surface area contributed by atoms with E-state index in [1.807, 2.05) is 0 Å². The van der Waals surface area contributed by atoms with Crippen LogP contribution in [0, 0.1) is 0 Å². The molecule has 0 aliphatic heterocycles. The zero-order valence-corrected chi connectivity index (χ0v) is 10.3. The van der Waals surface area contributed by atoms with Crippen LogP contribution in [0.1, 0.15) is 30.0 Å². The van der Waals surface area contributed by atoms with E-state index < -0.39 is 29.3 Å². The topological polar surface area (TPSA) is 57.6 Å². The van der Waals surface area contributed by atoms with Gasteiger partial charge in [0.2, 0.25) is 6.41 Å². The number of benzene rings is 1. The third-order valence-corrected chi connectivity index (χ3v) is 3.18. The van der Waals surface area contributed by atoms with Crippen LogP contribution in [0.2, 0.25) is 0 Å². The molecule has 1 aliphatic rings. The van der Waals surface area contributed by atoms with Gasteiger partial charge in [0.05, 0.1) is 5.56 Å². The lowest BCUT2D eigenvalue weighted by Crippen LogP contribution is -2.36. The third-order valence-electron chi connectivity index (χ3n) is 3.18. The molecule has 1 fully saturated rings. The van der Waals surface area contributed by atoms with Crippen molar-refractivity contribution in [3.8, 4) is 0 Å². The number of carboxylic acids is 1. The van der Waals surface area contributed by atoms with E-state index in [4.69, 9.17) is 0 Å². The predicted octanol–water partition coefficient (Wildman–Crippen LogP) is 2.45. The Balaban J connectivity index is 2.49. The number of carboxylic acid groups (broad SMARTS) is 1. The van der Waals surface area contributed by atoms with Crippen LogP contribution in [-0.4, -0.2) is 28.4 Å². The molecule has 0 aromatic heterocycles. The second-order valence-electron chi connectivity index (χ2n) is 4.61. The van der Waals surface area contributed by atoms with Gasteiger partial charge in [-0.05, 0) is 24.5 Å². The minimum Gasteiger partial charge on any atom is -0.479 e. The van der Waals surface area contributed by atoms with Crippen LogP contribution < -0.4 is 0 Å². The number of rotatable bonds is 5. The molecule has 0 radical (unpaired) electrons. The first-order valence-corrected chi connectivity index (χ1v) is 5.98. The Morgan fingerprint density at radius 2 is 1.95 bits per heavy atom. The highest BCUT2D eigenvalue weighted by Gasteiger charge is 2.42. The van der Waals surface area contributed by atoms with Crippen molar-refractivity contribution >= 4 is 12.4 Å². The minimum absolute atomic E-state index is 0.296. The second-order valence-corrected chi connectivity index (χ2v) is 4.61. The van der Waals surface area contributed by atoms with Gasteiger partial charge < -0.3 is 10.0 Å². The summed E-state index contributed by atoms with van der Waals surface area (Å²) < 4.78 is 38.9. The van der Waals surface area contributed by atoms with Crippen molar-refractivity contribution in [2.75, 3.05) is 0 Å². The summed E-state index contributed by atoms with van der Waals surface area (Å²) in [5, 5.41) is 9.23. The van der Waals surface area contributed by atoms with Crippen molar-refractivity contribution in [1.29, 1.82) is 0 Å². The lowest BCUT2D eigenvalue weighted by atomic mass is 9.98. The molecule has 1 aromatic carbocycles. The monoisotopic (exact) mass is 287 g/mol. The molecule has 0 saturated heterocycles. The molecule has 4 nitrogen and oxygen atoms in total. The van der Waals surface area contributed by atoms with Gasteiger partial charge in [-0.25, -0.2) is 4.79 Å². The van der Waals surface area contributed by atoms with Crippen molar-refractivity contribution in [2.45, 2.75) is 31.1 Å². The van der Waals surface area contributed by atoms with Gasteiger partial charge in [0, 0.05) is 6.04 Å². The molecule has 1 unspecified atom stereocenters. The maximum Gasteiger partial charge on any atom is 0.416 e. The van der Waals surface area contributed by atoms with Crippen LogP contribution >= 0.6 is 0 Å². The fourth-order valence-corrected chi connectivity index (χ4v) is 2.15. The summed E-state index contributed by atoms with van der Waals surface area (Å²) in [6.45, 7) is 0. The molecule has 1 amide bonds. The molecule has 2 rings (SSSR count). The Hall–Kier alpha value is -2.05. The van der Waals surface area contributed by atoms with E-state index in [1.165, 1.54) is 12.1 Å². The first kappa shape index (κ1) is 14.4. The molecule has 108 valence electrons. The molecular formula is C13H12F3NO3. The summed E-state index contributed by atoms with van der Waals surface area (Å²) in [5.41, 5.74) is -1.44. The molecule has 0 spiro atoms. The average Bonchev–Trinajstić information content (AvgIpc) is 3.18. The van der Waals surface area contributed by atoms with E-state index in [2.05, 4.69) is 0 Å². The van der Waals surface area contributed by atoms with E-state index >= 15 is 0 Å². The van der Waals surface area contributed by atoms with E-state index in [0.717, 1.165) is 17.0 Å². The number of hydrogen-bond donors (Lipinski definition) is 1. The summed E-state index contributed by atoms with van der Waals surface area (Å²) in [4.78, 5) is 23.3. The number of carbonyl (C=O) groups excluding carboxylic acids is 1. The first-order chi connectivity index (χ1) is 9.36. The Morgan fingerprint density at radius 1 is 1.35 bits per heavy atom. The quantitative estimate of drug-likeness (QED) is 0.846. The smallest absolute Gasteiger partial charge is 0.416 e. The first-order valence-electron chi connectivity index (χ1n) is 5.98. The molecule has 0 heterocycles. The van der Waals surface area contributed by atoms with Gasteiger partial charge in [-0.1, -0.05) is 18.2 Å². The van der Waals surface area contributed by atoms with Crippen molar-refractivity contribution < 1.29 is 27.9 Å². The van der Waals surface area contributed by atoms with Crippen LogP contribution in [0.3, 0.4) is 0 Å². The van der Waals surface area contributed by atoms with Crippen LogP contribution in [0.4, 0.5) is 13.2 Å². The van der Waals surface area contributed by atoms with E-state index in [1.54, 1.807) is 0 Å². The molecule has 1 saturated carbocycles. The van der Waals surface area contributed by atoms with Gasteiger partial charge in [-0.2, -0.15) is 13.2 Å². The maximum absolute atomic E-state index is 13.0. The number of aliphatic carboxylic acids is 1. The van der Waals surface area contributed by atoms with Gasteiger partial charge in [0.15, 0.2) is 6.04 Å². The Labute approximate surface area is 112 Å². The average molecular weight is 287 g/mol. The molecule has 20 heavy (non-hydrogen) atoms. The third kappa shape index (κ3) is 2.76. The van der Waals surface area contributed by atoms with Crippen molar-refractivity contribution in [2.24, 2.45) is 0 Å².